The number of rotatable bonds is 8. The second kappa shape index (κ2) is 13.8. The second-order valence-electron chi connectivity index (χ2n) is 12.2. The summed E-state index contributed by atoms with van der Waals surface area (Å²) in [4.78, 5) is 56.5. The molecule has 0 aliphatic carbocycles. The van der Waals surface area contributed by atoms with Crippen molar-refractivity contribution in [3.8, 4) is 0 Å². The number of carbonyl (C=O) groups is 4. The lowest BCUT2D eigenvalue weighted by atomic mass is 9.90. The minimum atomic E-state index is -1.39. The molecule has 0 saturated carbocycles. The van der Waals surface area contributed by atoms with Gasteiger partial charge in [0.1, 0.15) is 41.0 Å². The zero-order chi connectivity index (χ0) is 33.1. The van der Waals surface area contributed by atoms with E-state index >= 15 is 0 Å². The quantitative estimate of drug-likeness (QED) is 0.370. The highest BCUT2D eigenvalue weighted by molar-refractivity contribution is 6.00. The van der Waals surface area contributed by atoms with Gasteiger partial charge in [0.25, 0.3) is 5.91 Å². The zero-order valence-corrected chi connectivity index (χ0v) is 25.8. The molecule has 4 rings (SSSR count). The van der Waals surface area contributed by atoms with Crippen LogP contribution in [0.2, 0.25) is 0 Å². The number of para-hydroxylation sites is 1. The Bertz CT molecular complexity index is 1420. The van der Waals surface area contributed by atoms with E-state index in [1.807, 2.05) is 0 Å². The maximum atomic E-state index is 14.5. The summed E-state index contributed by atoms with van der Waals surface area (Å²) in [5.41, 5.74) is 1.21. The van der Waals surface area contributed by atoms with Gasteiger partial charge in [0.05, 0.1) is 0 Å². The number of hydrogen-bond acceptors (Lipinski definition) is 8. The van der Waals surface area contributed by atoms with Crippen molar-refractivity contribution in [1.82, 2.24) is 15.1 Å². The fraction of sp³-hybridized carbons (Fsp3) is 0.484. The molecule has 12 nitrogen and oxygen atoms in total. The molecule has 0 spiro atoms. The molecule has 0 bridgehead atoms. The van der Waals surface area contributed by atoms with E-state index in [0.29, 0.717) is 31.6 Å². The Morgan fingerprint density at radius 2 is 1.73 bits per heavy atom. The van der Waals surface area contributed by atoms with Gasteiger partial charge >= 0.3 is 6.09 Å². The standard InChI is InChI=1S/C31H38F2N5O7/c1-17(37(5)30(42)45-31(2,3)4)27(39)34-24(18-11-13-44-14-12-18)29(41)38-16-19-9-10-20(36-43)15-21(19)26(38)28(40)35-25-22(32)7-6-8-23(25)33/h6-10,15,17-18,24,26,36H,11-14,16H2,1-5H3,(H,34,39)(H,35,40)/q-1/t17-,24-,26-/m0/s1. The van der Waals surface area contributed by atoms with Crippen molar-refractivity contribution in [2.75, 3.05) is 31.1 Å². The van der Waals surface area contributed by atoms with E-state index in [0.717, 1.165) is 23.1 Å². The maximum Gasteiger partial charge on any atom is 0.410 e. The monoisotopic (exact) mass is 630 g/mol. The van der Waals surface area contributed by atoms with Crippen molar-refractivity contribution in [3.05, 3.63) is 64.4 Å². The Labute approximate surface area is 260 Å². The van der Waals surface area contributed by atoms with Gasteiger partial charge in [-0.05, 0) is 81.8 Å². The number of benzene rings is 2. The fourth-order valence-corrected chi connectivity index (χ4v) is 5.35. The van der Waals surface area contributed by atoms with Crippen molar-refractivity contribution in [3.63, 3.8) is 0 Å². The normalized spacial score (nSPS) is 18.0. The summed E-state index contributed by atoms with van der Waals surface area (Å²) in [7, 11) is 1.41. The van der Waals surface area contributed by atoms with Crippen LogP contribution in [0.15, 0.2) is 36.4 Å². The van der Waals surface area contributed by atoms with Crippen LogP contribution >= 0.6 is 0 Å². The number of carbonyl (C=O) groups excluding carboxylic acids is 4. The van der Waals surface area contributed by atoms with Crippen molar-refractivity contribution >= 4 is 35.2 Å². The lowest BCUT2D eigenvalue weighted by Crippen LogP contribution is -2.57. The minimum absolute atomic E-state index is 0.0753. The molecule has 2 aromatic carbocycles. The number of amides is 4. The molecule has 3 atom stereocenters. The fourth-order valence-electron chi connectivity index (χ4n) is 5.35. The van der Waals surface area contributed by atoms with Crippen LogP contribution in [0.25, 0.3) is 0 Å². The molecule has 244 valence electrons. The summed E-state index contributed by atoms with van der Waals surface area (Å²) in [5, 5.41) is 16.5. The lowest BCUT2D eigenvalue weighted by molar-refractivity contribution is -0.144. The van der Waals surface area contributed by atoms with Crippen molar-refractivity contribution < 1.29 is 37.4 Å². The average molecular weight is 631 g/mol. The molecule has 2 aromatic rings. The molecular weight excluding hydrogens is 592 g/mol. The van der Waals surface area contributed by atoms with Crippen LogP contribution in [-0.2, 0) is 30.4 Å². The van der Waals surface area contributed by atoms with Crippen LogP contribution in [-0.4, -0.2) is 71.6 Å². The topological polar surface area (TPSA) is 152 Å². The Morgan fingerprint density at radius 1 is 1.09 bits per heavy atom. The number of fused-ring (bicyclic) bond motifs is 1. The van der Waals surface area contributed by atoms with Gasteiger partial charge < -0.3 is 35.7 Å². The molecule has 2 aliphatic rings. The number of nitrogens with zero attached hydrogens (tertiary/aromatic N) is 2. The third-order valence-electron chi connectivity index (χ3n) is 7.90. The Morgan fingerprint density at radius 3 is 2.33 bits per heavy atom. The van der Waals surface area contributed by atoms with Crippen LogP contribution in [0.1, 0.15) is 57.7 Å². The predicted octanol–water partition coefficient (Wildman–Crippen LogP) is 4.06. The molecule has 0 unspecified atom stereocenters. The molecule has 0 aromatic heterocycles. The summed E-state index contributed by atoms with van der Waals surface area (Å²) in [6.07, 6.45) is 0.124. The van der Waals surface area contributed by atoms with Crippen molar-refractivity contribution in [1.29, 1.82) is 0 Å². The number of ether oxygens (including phenoxy) is 2. The first kappa shape index (κ1) is 33.6. The summed E-state index contributed by atoms with van der Waals surface area (Å²) in [6.45, 7) is 7.18. The summed E-state index contributed by atoms with van der Waals surface area (Å²) in [5.74, 6) is -4.56. The van der Waals surface area contributed by atoms with Gasteiger partial charge in [-0.25, -0.2) is 13.6 Å². The van der Waals surface area contributed by atoms with Crippen molar-refractivity contribution in [2.24, 2.45) is 5.92 Å². The van der Waals surface area contributed by atoms with E-state index < -0.39 is 64.9 Å². The predicted molar refractivity (Wildman–Crippen MR) is 161 cm³/mol. The van der Waals surface area contributed by atoms with E-state index in [9.17, 15) is 33.2 Å². The van der Waals surface area contributed by atoms with E-state index in [2.05, 4.69) is 10.6 Å². The third kappa shape index (κ3) is 7.68. The van der Waals surface area contributed by atoms with Crippen LogP contribution in [0.5, 0.6) is 0 Å². The van der Waals surface area contributed by atoms with Crippen LogP contribution in [0.4, 0.5) is 25.0 Å². The molecule has 1 fully saturated rings. The largest absolute Gasteiger partial charge is 0.761 e. The van der Waals surface area contributed by atoms with E-state index in [4.69, 9.17) is 9.47 Å². The number of halogens is 2. The van der Waals surface area contributed by atoms with Gasteiger partial charge in [0.15, 0.2) is 0 Å². The van der Waals surface area contributed by atoms with E-state index in [-0.39, 0.29) is 23.7 Å². The summed E-state index contributed by atoms with van der Waals surface area (Å²) >= 11 is 0. The van der Waals surface area contributed by atoms with Gasteiger partial charge in [-0.3, -0.25) is 19.3 Å². The summed E-state index contributed by atoms with van der Waals surface area (Å²) in [6, 6.07) is 4.02. The molecular formula is C31H38F2N5O7-. The zero-order valence-electron chi connectivity index (χ0n) is 25.8. The first-order valence-electron chi connectivity index (χ1n) is 14.6. The molecule has 45 heavy (non-hydrogen) atoms. The Hall–Kier alpha value is -4.30. The molecule has 1 saturated heterocycles. The highest BCUT2D eigenvalue weighted by Gasteiger charge is 2.44. The van der Waals surface area contributed by atoms with Crippen LogP contribution in [0.3, 0.4) is 0 Å². The number of likely N-dealkylation sites (N-methyl/N-ethyl adjacent to an activating group) is 1. The van der Waals surface area contributed by atoms with Gasteiger partial charge in [0.2, 0.25) is 11.8 Å². The smallest absolute Gasteiger partial charge is 0.410 e. The van der Waals surface area contributed by atoms with E-state index in [1.54, 1.807) is 32.3 Å². The Balaban J connectivity index is 1.66. The third-order valence-corrected chi connectivity index (χ3v) is 7.90. The number of hydrogen-bond donors (Lipinski definition) is 3. The average Bonchev–Trinajstić information content (AvgIpc) is 3.39. The highest BCUT2D eigenvalue weighted by Crippen LogP contribution is 2.38. The molecule has 14 heteroatoms. The molecule has 2 heterocycles. The molecule has 0 radical (unpaired) electrons. The molecule has 3 N–H and O–H groups in total. The second-order valence-corrected chi connectivity index (χ2v) is 12.2. The molecule has 4 amide bonds. The maximum absolute atomic E-state index is 14.5. The Kier molecular flexibility index (Phi) is 10.3. The highest BCUT2D eigenvalue weighted by atomic mass is 19.1. The van der Waals surface area contributed by atoms with Crippen LogP contribution < -0.4 is 16.1 Å². The van der Waals surface area contributed by atoms with Gasteiger partial charge in [-0.2, -0.15) is 0 Å². The summed E-state index contributed by atoms with van der Waals surface area (Å²) < 4.78 is 39.8. The first-order chi connectivity index (χ1) is 21.2. The number of anilines is 2. The van der Waals surface area contributed by atoms with Crippen molar-refractivity contribution in [2.45, 2.75) is 70.8 Å². The minimum Gasteiger partial charge on any atom is -0.761 e. The SMILES string of the molecule is C[C@@H](C(=O)N[C@H](C(=O)N1Cc2ccc(N[O-])cc2[C@H]1C(=O)Nc1c(F)cccc1F)C1CCOCC1)N(C)C(=O)OC(C)(C)C. The van der Waals surface area contributed by atoms with Crippen LogP contribution in [0, 0.1) is 22.8 Å². The van der Waals surface area contributed by atoms with Gasteiger partial charge in [0, 0.05) is 32.5 Å². The van der Waals surface area contributed by atoms with Gasteiger partial charge in [-0.15, -0.1) is 0 Å². The lowest BCUT2D eigenvalue weighted by Gasteiger charge is -2.36. The number of nitrogens with one attached hydrogen (secondary N) is 3. The van der Waals surface area contributed by atoms with E-state index in [1.165, 1.54) is 31.0 Å². The molecule has 2 aliphatic heterocycles. The van der Waals surface area contributed by atoms with Gasteiger partial charge in [-0.1, -0.05) is 12.1 Å². The first-order valence-corrected chi connectivity index (χ1v) is 14.6.